The van der Waals surface area contributed by atoms with Gasteiger partial charge in [-0.3, -0.25) is 9.59 Å². The molecule has 0 bridgehead atoms. The number of hydrogen-bond acceptors (Lipinski definition) is 5. The Morgan fingerprint density at radius 2 is 1.85 bits per heavy atom. The molecule has 0 aromatic heterocycles. The summed E-state index contributed by atoms with van der Waals surface area (Å²) < 4.78 is 10.4. The third-order valence-corrected chi connectivity index (χ3v) is 4.42. The molecule has 0 saturated heterocycles. The molecule has 2 aromatic rings. The van der Waals surface area contributed by atoms with Gasteiger partial charge in [0.15, 0.2) is 12.7 Å². The number of fused-ring (bicyclic) bond motifs is 1. The molecular formula is C21H21NO5. The Hall–Kier alpha value is -3.15. The maximum absolute atomic E-state index is 12.2. The molecule has 6 nitrogen and oxygen atoms in total. The zero-order chi connectivity index (χ0) is 19.2. The SMILES string of the molecule is C[C@@H](OC(=O)COc1ccc(C=O)cc1)C(=O)Nc1ccc2c(c1)CCC2. The zero-order valence-electron chi connectivity index (χ0n) is 15.1. The summed E-state index contributed by atoms with van der Waals surface area (Å²) in [5.41, 5.74) is 3.80. The lowest BCUT2D eigenvalue weighted by atomic mass is 10.1. The maximum Gasteiger partial charge on any atom is 0.344 e. The lowest BCUT2D eigenvalue weighted by molar-refractivity contribution is -0.155. The fourth-order valence-corrected chi connectivity index (χ4v) is 2.96. The van der Waals surface area contributed by atoms with E-state index >= 15 is 0 Å². The third-order valence-electron chi connectivity index (χ3n) is 4.42. The quantitative estimate of drug-likeness (QED) is 0.601. The number of hydrogen-bond donors (Lipinski definition) is 1. The van der Waals surface area contributed by atoms with Crippen LogP contribution in [-0.4, -0.2) is 30.9 Å². The van der Waals surface area contributed by atoms with Crippen molar-refractivity contribution in [3.8, 4) is 5.75 Å². The number of aldehydes is 1. The Bertz CT molecular complexity index is 844. The molecule has 140 valence electrons. The first-order chi connectivity index (χ1) is 13.0. The van der Waals surface area contributed by atoms with Crippen LogP contribution in [0.4, 0.5) is 5.69 Å². The predicted molar refractivity (Wildman–Crippen MR) is 100.0 cm³/mol. The number of carbonyl (C=O) groups excluding carboxylic acids is 3. The summed E-state index contributed by atoms with van der Waals surface area (Å²) >= 11 is 0. The molecule has 0 aliphatic heterocycles. The van der Waals surface area contributed by atoms with E-state index in [4.69, 9.17) is 9.47 Å². The number of nitrogens with one attached hydrogen (secondary N) is 1. The van der Waals surface area contributed by atoms with Crippen LogP contribution < -0.4 is 10.1 Å². The van der Waals surface area contributed by atoms with Crippen LogP contribution in [0.3, 0.4) is 0 Å². The van der Waals surface area contributed by atoms with E-state index in [9.17, 15) is 14.4 Å². The number of carbonyl (C=O) groups is 3. The molecule has 0 fully saturated rings. The normalized spacial score (nSPS) is 13.4. The minimum atomic E-state index is -0.938. The molecule has 1 aliphatic carbocycles. The third kappa shape index (κ3) is 4.94. The predicted octanol–water partition coefficient (Wildman–Crippen LogP) is 2.94. The van der Waals surface area contributed by atoms with Gasteiger partial charge in [-0.25, -0.2) is 4.79 Å². The molecule has 2 aromatic carbocycles. The summed E-state index contributed by atoms with van der Waals surface area (Å²) in [7, 11) is 0. The molecule has 1 amide bonds. The second-order valence-corrected chi connectivity index (χ2v) is 6.43. The number of aryl methyl sites for hydroxylation is 2. The van der Waals surface area contributed by atoms with E-state index in [2.05, 4.69) is 5.32 Å². The van der Waals surface area contributed by atoms with Crippen LogP contribution in [0.1, 0.15) is 34.8 Å². The number of rotatable bonds is 7. The van der Waals surface area contributed by atoms with Gasteiger partial charge in [0.25, 0.3) is 5.91 Å². The first kappa shape index (κ1) is 18.6. The minimum absolute atomic E-state index is 0.323. The zero-order valence-corrected chi connectivity index (χ0v) is 15.1. The Morgan fingerprint density at radius 3 is 2.59 bits per heavy atom. The first-order valence-corrected chi connectivity index (χ1v) is 8.85. The Labute approximate surface area is 157 Å². The molecule has 6 heteroatoms. The van der Waals surface area contributed by atoms with Gasteiger partial charge in [0.05, 0.1) is 0 Å². The fraction of sp³-hybridized carbons (Fsp3) is 0.286. The molecule has 0 heterocycles. The van der Waals surface area contributed by atoms with Crippen molar-refractivity contribution in [1.82, 2.24) is 0 Å². The minimum Gasteiger partial charge on any atom is -0.482 e. The van der Waals surface area contributed by atoms with Crippen molar-refractivity contribution >= 4 is 23.9 Å². The van der Waals surface area contributed by atoms with Crippen LogP contribution in [0.2, 0.25) is 0 Å². The number of amides is 1. The Kier molecular flexibility index (Phi) is 5.86. The second kappa shape index (κ2) is 8.49. The number of esters is 1. The fourth-order valence-electron chi connectivity index (χ4n) is 2.96. The molecule has 1 aliphatic rings. The van der Waals surface area contributed by atoms with E-state index in [0.717, 1.165) is 25.5 Å². The van der Waals surface area contributed by atoms with Crippen LogP contribution in [0.25, 0.3) is 0 Å². The molecule has 0 unspecified atom stereocenters. The molecule has 27 heavy (non-hydrogen) atoms. The Balaban J connectivity index is 1.46. The molecule has 3 rings (SSSR count). The van der Waals surface area contributed by atoms with Gasteiger partial charge in [0.1, 0.15) is 12.0 Å². The van der Waals surface area contributed by atoms with E-state index < -0.39 is 18.0 Å². The van der Waals surface area contributed by atoms with E-state index in [1.807, 2.05) is 18.2 Å². The molecule has 1 atom stereocenters. The van der Waals surface area contributed by atoms with Crippen LogP contribution in [0.5, 0.6) is 5.75 Å². The lowest BCUT2D eigenvalue weighted by Gasteiger charge is -2.14. The summed E-state index contributed by atoms with van der Waals surface area (Å²) in [6.07, 6.45) is 3.02. The summed E-state index contributed by atoms with van der Waals surface area (Å²) in [6.45, 7) is 1.19. The van der Waals surface area contributed by atoms with Crippen LogP contribution >= 0.6 is 0 Å². The van der Waals surface area contributed by atoms with Gasteiger partial charge in [-0.1, -0.05) is 6.07 Å². The highest BCUT2D eigenvalue weighted by atomic mass is 16.6. The van der Waals surface area contributed by atoms with E-state index in [1.165, 1.54) is 18.1 Å². The van der Waals surface area contributed by atoms with Gasteiger partial charge in [-0.2, -0.15) is 0 Å². The highest BCUT2D eigenvalue weighted by molar-refractivity contribution is 5.95. The van der Waals surface area contributed by atoms with Gasteiger partial charge in [-0.15, -0.1) is 0 Å². The van der Waals surface area contributed by atoms with Gasteiger partial charge in [-0.05, 0) is 73.7 Å². The molecule has 0 saturated carbocycles. The van der Waals surface area contributed by atoms with Crippen molar-refractivity contribution in [3.05, 3.63) is 59.2 Å². The standard InChI is InChI=1S/C21H21NO5/c1-14(21(25)22-18-8-7-16-3-2-4-17(16)11-18)27-20(24)13-26-19-9-5-15(12-23)6-10-19/h5-12,14H,2-4,13H2,1H3,(H,22,25)/t14-/m1/s1. The average molecular weight is 367 g/mol. The lowest BCUT2D eigenvalue weighted by Crippen LogP contribution is -2.31. The number of anilines is 1. The van der Waals surface area contributed by atoms with Crippen molar-refractivity contribution in [3.63, 3.8) is 0 Å². The largest absolute Gasteiger partial charge is 0.482 e. The number of benzene rings is 2. The first-order valence-electron chi connectivity index (χ1n) is 8.85. The summed E-state index contributed by atoms with van der Waals surface area (Å²) in [4.78, 5) is 34.7. The molecular weight excluding hydrogens is 346 g/mol. The summed E-state index contributed by atoms with van der Waals surface area (Å²) in [5.74, 6) is -0.601. The topological polar surface area (TPSA) is 81.7 Å². The van der Waals surface area contributed by atoms with Gasteiger partial charge >= 0.3 is 5.97 Å². The van der Waals surface area contributed by atoms with Crippen molar-refractivity contribution in [2.24, 2.45) is 0 Å². The summed E-state index contributed by atoms with van der Waals surface area (Å²) in [6, 6.07) is 12.2. The van der Waals surface area contributed by atoms with Crippen LogP contribution in [-0.2, 0) is 27.2 Å². The maximum atomic E-state index is 12.2. The highest BCUT2D eigenvalue weighted by Crippen LogP contribution is 2.25. The van der Waals surface area contributed by atoms with Gasteiger partial charge in [0, 0.05) is 11.3 Å². The van der Waals surface area contributed by atoms with E-state index in [0.29, 0.717) is 17.0 Å². The average Bonchev–Trinajstić information content (AvgIpc) is 3.14. The van der Waals surface area contributed by atoms with E-state index in [-0.39, 0.29) is 6.61 Å². The molecule has 1 N–H and O–H groups in total. The van der Waals surface area contributed by atoms with Crippen LogP contribution in [0.15, 0.2) is 42.5 Å². The van der Waals surface area contributed by atoms with Crippen molar-refractivity contribution in [2.45, 2.75) is 32.3 Å². The smallest absolute Gasteiger partial charge is 0.344 e. The van der Waals surface area contributed by atoms with Crippen molar-refractivity contribution in [2.75, 3.05) is 11.9 Å². The highest BCUT2D eigenvalue weighted by Gasteiger charge is 2.19. The van der Waals surface area contributed by atoms with Gasteiger partial charge in [0.2, 0.25) is 0 Å². The number of ether oxygens (including phenoxy) is 2. The monoisotopic (exact) mass is 367 g/mol. The molecule has 0 radical (unpaired) electrons. The Morgan fingerprint density at radius 1 is 1.11 bits per heavy atom. The van der Waals surface area contributed by atoms with E-state index in [1.54, 1.807) is 24.3 Å². The van der Waals surface area contributed by atoms with Crippen LogP contribution in [0, 0.1) is 0 Å². The molecule has 0 spiro atoms. The van der Waals surface area contributed by atoms with Crippen molar-refractivity contribution < 1.29 is 23.9 Å². The summed E-state index contributed by atoms with van der Waals surface area (Å²) in [5, 5.41) is 2.77. The van der Waals surface area contributed by atoms with Gasteiger partial charge < -0.3 is 14.8 Å². The second-order valence-electron chi connectivity index (χ2n) is 6.43. The van der Waals surface area contributed by atoms with Crippen molar-refractivity contribution in [1.29, 1.82) is 0 Å².